The van der Waals surface area contributed by atoms with Crippen LogP contribution >= 0.6 is 11.3 Å². The van der Waals surface area contributed by atoms with Crippen LogP contribution in [-0.4, -0.2) is 4.57 Å². The Morgan fingerprint density at radius 3 is 1.96 bits per heavy atom. The van der Waals surface area contributed by atoms with Gasteiger partial charge in [-0.2, -0.15) is 0 Å². The number of anilines is 3. The van der Waals surface area contributed by atoms with Gasteiger partial charge < -0.3 is 9.47 Å². The summed E-state index contributed by atoms with van der Waals surface area (Å²) in [4.78, 5) is 2.47. The second-order valence-corrected chi connectivity index (χ2v) is 13.6. The summed E-state index contributed by atoms with van der Waals surface area (Å²) < 4.78 is 5.00. The number of benzene rings is 8. The number of hydrogen-bond acceptors (Lipinski definition) is 2. The first-order valence-corrected chi connectivity index (χ1v) is 17.5. The smallest absolute Gasteiger partial charge is 0.0542 e. The van der Waals surface area contributed by atoms with Crippen LogP contribution in [0.2, 0.25) is 0 Å². The Morgan fingerprint density at radius 1 is 0.408 bits per heavy atom. The molecule has 49 heavy (non-hydrogen) atoms. The third-order valence-corrected chi connectivity index (χ3v) is 10.9. The standard InChI is InChI=1S/C46H30N2S/c1-2-16-32(17-3-1)47-42-24-10-7-20-36(42)39-30-33(28-29-43(39)47)48(40-25-12-15-31-14-4-5-18-34(31)40)41-23-9-6-19-35(41)37-22-13-27-45-46(37)38-21-8-11-26-44(38)49-45/h1-30H. The van der Waals surface area contributed by atoms with Gasteiger partial charge in [0.1, 0.15) is 0 Å². The fraction of sp³-hybridized carbons (Fsp3) is 0. The molecule has 2 nitrogen and oxygen atoms in total. The van der Waals surface area contributed by atoms with E-state index in [1.54, 1.807) is 0 Å². The van der Waals surface area contributed by atoms with E-state index in [1.807, 2.05) is 11.3 Å². The van der Waals surface area contributed by atoms with Crippen LogP contribution in [0, 0.1) is 0 Å². The maximum absolute atomic E-state index is 2.47. The molecule has 230 valence electrons. The number of aromatic nitrogens is 1. The lowest BCUT2D eigenvalue weighted by Gasteiger charge is -2.29. The van der Waals surface area contributed by atoms with E-state index in [1.165, 1.54) is 63.9 Å². The van der Waals surface area contributed by atoms with Gasteiger partial charge in [-0.1, -0.05) is 121 Å². The topological polar surface area (TPSA) is 8.17 Å². The van der Waals surface area contributed by atoms with Gasteiger partial charge in [-0.25, -0.2) is 0 Å². The van der Waals surface area contributed by atoms with Crippen molar-refractivity contribution in [2.45, 2.75) is 0 Å². The fourth-order valence-corrected chi connectivity index (χ4v) is 8.79. The van der Waals surface area contributed by atoms with E-state index in [0.29, 0.717) is 0 Å². The van der Waals surface area contributed by atoms with Crippen LogP contribution in [-0.2, 0) is 0 Å². The van der Waals surface area contributed by atoms with Gasteiger partial charge in [-0.15, -0.1) is 11.3 Å². The van der Waals surface area contributed by atoms with E-state index in [4.69, 9.17) is 0 Å². The zero-order valence-electron chi connectivity index (χ0n) is 26.6. The van der Waals surface area contributed by atoms with Crippen LogP contribution < -0.4 is 4.90 Å². The summed E-state index contributed by atoms with van der Waals surface area (Å²) in [5.74, 6) is 0. The van der Waals surface area contributed by atoms with E-state index >= 15 is 0 Å². The molecule has 8 aromatic carbocycles. The SMILES string of the molecule is c1ccc(-n2c3ccccc3c3cc(N(c4ccccc4-c4cccc5sc6ccccc6c45)c4cccc5ccccc45)ccc32)cc1. The van der Waals surface area contributed by atoms with Gasteiger partial charge in [0.15, 0.2) is 0 Å². The molecule has 0 bridgehead atoms. The molecule has 10 rings (SSSR count). The van der Waals surface area contributed by atoms with Crippen molar-refractivity contribution in [3.8, 4) is 16.8 Å². The highest BCUT2D eigenvalue weighted by atomic mass is 32.1. The van der Waals surface area contributed by atoms with Crippen molar-refractivity contribution in [1.82, 2.24) is 4.57 Å². The van der Waals surface area contributed by atoms with E-state index < -0.39 is 0 Å². The van der Waals surface area contributed by atoms with Crippen molar-refractivity contribution in [2.75, 3.05) is 4.90 Å². The van der Waals surface area contributed by atoms with Crippen molar-refractivity contribution in [3.63, 3.8) is 0 Å². The molecule has 0 spiro atoms. The Hall–Kier alpha value is -6.16. The van der Waals surface area contributed by atoms with Crippen molar-refractivity contribution in [2.24, 2.45) is 0 Å². The molecule has 0 fully saturated rings. The Kier molecular flexibility index (Phi) is 6.39. The lowest BCUT2D eigenvalue weighted by Crippen LogP contribution is -2.11. The molecule has 0 N–H and O–H groups in total. The Morgan fingerprint density at radius 2 is 1.04 bits per heavy atom. The number of hydrogen-bond donors (Lipinski definition) is 0. The predicted octanol–water partition coefficient (Wildman–Crippen LogP) is 13.4. The lowest BCUT2D eigenvalue weighted by atomic mass is 9.96. The number of para-hydroxylation sites is 3. The third-order valence-electron chi connectivity index (χ3n) is 9.77. The van der Waals surface area contributed by atoms with Crippen LogP contribution in [0.1, 0.15) is 0 Å². The van der Waals surface area contributed by atoms with Crippen LogP contribution in [0.3, 0.4) is 0 Å². The average molecular weight is 643 g/mol. The van der Waals surface area contributed by atoms with Gasteiger partial charge in [0.25, 0.3) is 0 Å². The average Bonchev–Trinajstić information content (AvgIpc) is 3.71. The summed E-state index contributed by atoms with van der Waals surface area (Å²) in [6, 6.07) is 66.2. The quantitative estimate of drug-likeness (QED) is 0.181. The van der Waals surface area contributed by atoms with Gasteiger partial charge in [0.05, 0.1) is 22.4 Å². The molecule has 0 radical (unpaired) electrons. The van der Waals surface area contributed by atoms with Gasteiger partial charge >= 0.3 is 0 Å². The Labute approximate surface area is 288 Å². The number of rotatable bonds is 5. The second kappa shape index (κ2) is 11.2. The van der Waals surface area contributed by atoms with Crippen molar-refractivity contribution in [1.29, 1.82) is 0 Å². The van der Waals surface area contributed by atoms with Gasteiger partial charge in [0, 0.05) is 53.3 Å². The monoisotopic (exact) mass is 642 g/mol. The summed E-state index contributed by atoms with van der Waals surface area (Å²) in [6.07, 6.45) is 0. The van der Waals surface area contributed by atoms with Crippen LogP contribution in [0.25, 0.3) is 69.6 Å². The van der Waals surface area contributed by atoms with E-state index in [9.17, 15) is 0 Å². The van der Waals surface area contributed by atoms with Crippen LogP contribution in [0.5, 0.6) is 0 Å². The number of thiophene rings is 1. The highest BCUT2D eigenvalue weighted by Crippen LogP contribution is 2.48. The molecule has 0 aliphatic rings. The first-order valence-electron chi connectivity index (χ1n) is 16.7. The third kappa shape index (κ3) is 4.40. The molecular weight excluding hydrogens is 613 g/mol. The molecule has 3 heteroatoms. The lowest BCUT2D eigenvalue weighted by molar-refractivity contribution is 1.18. The predicted molar refractivity (Wildman–Crippen MR) is 211 cm³/mol. The zero-order chi connectivity index (χ0) is 32.3. The molecular formula is C46H30N2S. The summed E-state index contributed by atoms with van der Waals surface area (Å²) in [6.45, 7) is 0. The minimum atomic E-state index is 1.12. The van der Waals surface area contributed by atoms with Crippen molar-refractivity contribution < 1.29 is 0 Å². The van der Waals surface area contributed by atoms with Gasteiger partial charge in [0.2, 0.25) is 0 Å². The molecule has 0 aliphatic heterocycles. The number of fused-ring (bicyclic) bond motifs is 7. The minimum Gasteiger partial charge on any atom is -0.309 e. The first-order chi connectivity index (χ1) is 24.3. The fourth-order valence-electron chi connectivity index (χ4n) is 7.66. The normalized spacial score (nSPS) is 11.7. The second-order valence-electron chi connectivity index (χ2n) is 12.5. The minimum absolute atomic E-state index is 1.12. The molecule has 2 aromatic heterocycles. The molecule has 0 amide bonds. The molecule has 0 saturated carbocycles. The van der Waals surface area contributed by atoms with Crippen LogP contribution in [0.15, 0.2) is 182 Å². The zero-order valence-corrected chi connectivity index (χ0v) is 27.4. The van der Waals surface area contributed by atoms with Gasteiger partial charge in [-0.3, -0.25) is 0 Å². The molecule has 0 unspecified atom stereocenters. The van der Waals surface area contributed by atoms with E-state index in [-0.39, 0.29) is 0 Å². The maximum Gasteiger partial charge on any atom is 0.0542 e. The molecule has 0 saturated heterocycles. The largest absolute Gasteiger partial charge is 0.309 e. The highest BCUT2D eigenvalue weighted by Gasteiger charge is 2.22. The van der Waals surface area contributed by atoms with Crippen LogP contribution in [0.4, 0.5) is 17.1 Å². The maximum atomic E-state index is 2.47. The summed E-state index contributed by atoms with van der Waals surface area (Å²) in [5.41, 5.74) is 9.43. The first kappa shape index (κ1) is 27.9. The summed E-state index contributed by atoms with van der Waals surface area (Å²) in [7, 11) is 0. The Balaban J connectivity index is 1.28. The molecule has 0 aliphatic carbocycles. The number of nitrogens with zero attached hydrogens (tertiary/aromatic N) is 2. The van der Waals surface area contributed by atoms with E-state index in [2.05, 4.69) is 191 Å². The van der Waals surface area contributed by atoms with Gasteiger partial charge in [-0.05, 0) is 71.6 Å². The van der Waals surface area contributed by atoms with E-state index in [0.717, 1.165) is 22.7 Å². The Bertz CT molecular complexity index is 2840. The van der Waals surface area contributed by atoms with Crippen molar-refractivity contribution in [3.05, 3.63) is 182 Å². The molecule has 10 aromatic rings. The molecule has 2 heterocycles. The molecule has 0 atom stereocenters. The highest BCUT2D eigenvalue weighted by molar-refractivity contribution is 7.25. The summed E-state index contributed by atoms with van der Waals surface area (Å²) >= 11 is 1.87. The summed E-state index contributed by atoms with van der Waals surface area (Å²) in [5, 5.41) is 7.52. The van der Waals surface area contributed by atoms with Crippen molar-refractivity contribution >= 4 is 81.1 Å².